The zero-order valence-corrected chi connectivity index (χ0v) is 6.44. The highest BCUT2D eigenvalue weighted by molar-refractivity contribution is 5.09. The quantitative estimate of drug-likeness (QED) is 0.624. The first-order valence-corrected chi connectivity index (χ1v) is 3.21. The van der Waals surface area contributed by atoms with Gasteiger partial charge in [0.25, 0.3) is 0 Å². The van der Waals surface area contributed by atoms with E-state index in [0.29, 0.717) is 5.69 Å². The number of nitrogens with one attached hydrogen (secondary N) is 1. The van der Waals surface area contributed by atoms with Crippen LogP contribution in [0.1, 0.15) is 11.7 Å². The van der Waals surface area contributed by atoms with E-state index in [-0.39, 0.29) is 6.04 Å². The fourth-order valence-corrected chi connectivity index (χ4v) is 0.772. The second-order valence-corrected chi connectivity index (χ2v) is 2.11. The van der Waals surface area contributed by atoms with Gasteiger partial charge in [0.1, 0.15) is 11.7 Å². The molecule has 1 aromatic heterocycles. The Balaban J connectivity index is 2.84. The standard InChI is InChI=1S/C6H9N5/c1-8-5(3-7)6-4-9-11(2)10-6/h4-5,8H,1-2H3. The fraction of sp³-hybridized carbons (Fsp3) is 0.500. The molecule has 5 heteroatoms. The lowest BCUT2D eigenvalue weighted by Crippen LogP contribution is -2.14. The molecule has 0 radical (unpaired) electrons. The lowest BCUT2D eigenvalue weighted by molar-refractivity contribution is 0.623. The van der Waals surface area contributed by atoms with Crippen LogP contribution in [0.15, 0.2) is 6.20 Å². The Morgan fingerprint density at radius 3 is 2.91 bits per heavy atom. The van der Waals surface area contributed by atoms with Gasteiger partial charge in [-0.15, -0.1) is 0 Å². The van der Waals surface area contributed by atoms with E-state index in [1.54, 1.807) is 20.3 Å². The van der Waals surface area contributed by atoms with Gasteiger partial charge in [0.2, 0.25) is 0 Å². The van der Waals surface area contributed by atoms with E-state index < -0.39 is 0 Å². The van der Waals surface area contributed by atoms with Crippen molar-refractivity contribution in [1.29, 1.82) is 5.26 Å². The summed E-state index contributed by atoms with van der Waals surface area (Å²) in [5.74, 6) is 0. The highest BCUT2D eigenvalue weighted by Crippen LogP contribution is 2.04. The molecule has 11 heavy (non-hydrogen) atoms. The van der Waals surface area contributed by atoms with Gasteiger partial charge in [-0.05, 0) is 7.05 Å². The lowest BCUT2D eigenvalue weighted by atomic mass is 10.2. The SMILES string of the molecule is CNC(C#N)c1cnn(C)n1. The average molecular weight is 151 g/mol. The third kappa shape index (κ3) is 1.53. The lowest BCUT2D eigenvalue weighted by Gasteiger charge is -2.00. The highest BCUT2D eigenvalue weighted by atomic mass is 15.4. The Labute approximate surface area is 64.6 Å². The zero-order valence-electron chi connectivity index (χ0n) is 6.44. The smallest absolute Gasteiger partial charge is 0.141 e. The predicted molar refractivity (Wildman–Crippen MR) is 38.4 cm³/mol. The molecule has 0 saturated carbocycles. The van der Waals surface area contributed by atoms with Crippen LogP contribution in [-0.2, 0) is 7.05 Å². The summed E-state index contributed by atoms with van der Waals surface area (Å²) in [4.78, 5) is 1.43. The van der Waals surface area contributed by atoms with Crippen molar-refractivity contribution in [2.45, 2.75) is 6.04 Å². The molecule has 0 aromatic carbocycles. The van der Waals surface area contributed by atoms with Gasteiger partial charge in [-0.2, -0.15) is 20.3 Å². The van der Waals surface area contributed by atoms with Crippen molar-refractivity contribution in [1.82, 2.24) is 20.3 Å². The highest BCUT2D eigenvalue weighted by Gasteiger charge is 2.10. The van der Waals surface area contributed by atoms with Crippen molar-refractivity contribution in [3.8, 4) is 6.07 Å². The molecule has 1 atom stereocenters. The van der Waals surface area contributed by atoms with Crippen molar-refractivity contribution >= 4 is 0 Å². The van der Waals surface area contributed by atoms with Crippen LogP contribution >= 0.6 is 0 Å². The summed E-state index contributed by atoms with van der Waals surface area (Å²) in [7, 11) is 3.43. The second-order valence-electron chi connectivity index (χ2n) is 2.11. The van der Waals surface area contributed by atoms with Gasteiger partial charge in [-0.1, -0.05) is 0 Å². The molecule has 0 bridgehead atoms. The maximum absolute atomic E-state index is 8.60. The van der Waals surface area contributed by atoms with Crippen molar-refractivity contribution in [3.63, 3.8) is 0 Å². The van der Waals surface area contributed by atoms with Gasteiger partial charge in [0.15, 0.2) is 0 Å². The molecule has 1 N–H and O–H groups in total. The summed E-state index contributed by atoms with van der Waals surface area (Å²) in [6.07, 6.45) is 1.57. The molecule has 0 aliphatic carbocycles. The van der Waals surface area contributed by atoms with E-state index in [9.17, 15) is 0 Å². The van der Waals surface area contributed by atoms with Gasteiger partial charge >= 0.3 is 0 Å². The number of aromatic nitrogens is 3. The molecule has 58 valence electrons. The molecular weight excluding hydrogens is 142 g/mol. The van der Waals surface area contributed by atoms with E-state index in [2.05, 4.69) is 21.6 Å². The van der Waals surface area contributed by atoms with E-state index >= 15 is 0 Å². The van der Waals surface area contributed by atoms with Crippen molar-refractivity contribution in [2.75, 3.05) is 7.05 Å². The monoisotopic (exact) mass is 151 g/mol. The molecule has 1 unspecified atom stereocenters. The Kier molecular flexibility index (Phi) is 2.18. The molecule has 1 aromatic rings. The number of nitrogens with zero attached hydrogens (tertiary/aromatic N) is 4. The van der Waals surface area contributed by atoms with E-state index in [1.807, 2.05) is 0 Å². The summed E-state index contributed by atoms with van der Waals surface area (Å²) in [6, 6.07) is 1.70. The Bertz CT molecular complexity index is 271. The molecule has 5 nitrogen and oxygen atoms in total. The van der Waals surface area contributed by atoms with E-state index in [0.717, 1.165) is 0 Å². The first kappa shape index (κ1) is 7.69. The first-order valence-electron chi connectivity index (χ1n) is 3.21. The molecule has 0 spiro atoms. The van der Waals surface area contributed by atoms with Crippen LogP contribution < -0.4 is 5.32 Å². The maximum Gasteiger partial charge on any atom is 0.141 e. The van der Waals surface area contributed by atoms with Crippen molar-refractivity contribution in [3.05, 3.63) is 11.9 Å². The summed E-state index contributed by atoms with van der Waals surface area (Å²) < 4.78 is 0. The third-order valence-electron chi connectivity index (χ3n) is 1.33. The van der Waals surface area contributed by atoms with Crippen LogP contribution in [0, 0.1) is 11.3 Å². The van der Waals surface area contributed by atoms with Gasteiger partial charge in [-0.25, -0.2) is 0 Å². The Morgan fingerprint density at radius 2 is 2.55 bits per heavy atom. The predicted octanol–water partition coefficient (Wildman–Crippen LogP) is -0.401. The topological polar surface area (TPSA) is 66.5 Å². The largest absolute Gasteiger partial charge is 0.300 e. The number of hydrogen-bond donors (Lipinski definition) is 1. The zero-order chi connectivity index (χ0) is 8.27. The second kappa shape index (κ2) is 3.12. The fourth-order valence-electron chi connectivity index (χ4n) is 0.772. The van der Waals surface area contributed by atoms with Gasteiger partial charge < -0.3 is 0 Å². The normalized spacial score (nSPS) is 12.5. The molecule has 0 aliphatic rings. The molecule has 0 saturated heterocycles. The van der Waals surface area contributed by atoms with Crippen molar-refractivity contribution < 1.29 is 0 Å². The molecule has 1 rings (SSSR count). The minimum atomic E-state index is -0.358. The van der Waals surface area contributed by atoms with Gasteiger partial charge in [0.05, 0.1) is 12.3 Å². The molecule has 1 heterocycles. The van der Waals surface area contributed by atoms with E-state index in [1.165, 1.54) is 4.80 Å². The Morgan fingerprint density at radius 1 is 1.82 bits per heavy atom. The van der Waals surface area contributed by atoms with Gasteiger partial charge in [0, 0.05) is 7.05 Å². The Hall–Kier alpha value is -1.41. The summed E-state index contributed by atoms with van der Waals surface area (Å²) in [5.41, 5.74) is 0.650. The van der Waals surface area contributed by atoms with Crippen LogP contribution in [0.4, 0.5) is 0 Å². The minimum Gasteiger partial charge on any atom is -0.300 e. The van der Waals surface area contributed by atoms with Crippen LogP contribution in [0.2, 0.25) is 0 Å². The number of aryl methyl sites for hydroxylation is 1. The third-order valence-corrected chi connectivity index (χ3v) is 1.33. The summed E-state index contributed by atoms with van der Waals surface area (Å²) in [6.45, 7) is 0. The summed E-state index contributed by atoms with van der Waals surface area (Å²) in [5, 5.41) is 19.2. The van der Waals surface area contributed by atoms with Crippen LogP contribution in [-0.4, -0.2) is 22.0 Å². The number of nitriles is 1. The first-order chi connectivity index (χ1) is 5.27. The number of rotatable bonds is 2. The molecular formula is C6H9N5. The van der Waals surface area contributed by atoms with Crippen molar-refractivity contribution in [2.24, 2.45) is 7.05 Å². The summed E-state index contributed by atoms with van der Waals surface area (Å²) >= 11 is 0. The van der Waals surface area contributed by atoms with Crippen LogP contribution in [0.25, 0.3) is 0 Å². The number of hydrogen-bond acceptors (Lipinski definition) is 4. The van der Waals surface area contributed by atoms with Gasteiger partial charge in [-0.3, -0.25) is 5.32 Å². The molecule has 0 fully saturated rings. The van der Waals surface area contributed by atoms with Crippen LogP contribution in [0.5, 0.6) is 0 Å². The maximum atomic E-state index is 8.60. The minimum absolute atomic E-state index is 0.358. The molecule has 0 amide bonds. The van der Waals surface area contributed by atoms with Crippen LogP contribution in [0.3, 0.4) is 0 Å². The van der Waals surface area contributed by atoms with E-state index in [4.69, 9.17) is 5.26 Å². The molecule has 0 aliphatic heterocycles. The average Bonchev–Trinajstić information content (AvgIpc) is 2.39.